The molecule has 0 fully saturated rings. The molecule has 15 aromatic rings. The molecule has 0 radical (unpaired) electrons. The van der Waals surface area contributed by atoms with Gasteiger partial charge in [0.15, 0.2) is 0 Å². The Kier molecular flexibility index (Phi) is 7.31. The molecule has 5 aromatic heterocycles. The number of fused-ring (bicyclic) bond motifs is 17. The number of rotatable bonds is 5. The van der Waals surface area contributed by atoms with Crippen molar-refractivity contribution in [3.63, 3.8) is 0 Å². The summed E-state index contributed by atoms with van der Waals surface area (Å²) in [6, 6.07) is 76.4. The van der Waals surface area contributed by atoms with Gasteiger partial charge in [0.05, 0.1) is 32.8 Å². The van der Waals surface area contributed by atoms with E-state index in [2.05, 4.69) is 214 Å². The van der Waals surface area contributed by atoms with Crippen molar-refractivity contribution in [2.75, 3.05) is 4.90 Å². The Hall–Kier alpha value is -8.58. The van der Waals surface area contributed by atoms with Crippen molar-refractivity contribution in [1.82, 2.24) is 9.13 Å². The zero-order valence-corrected chi connectivity index (χ0v) is 36.1. The molecule has 5 nitrogen and oxygen atoms in total. The molecule has 6 heteroatoms. The van der Waals surface area contributed by atoms with Crippen molar-refractivity contribution in [1.29, 1.82) is 0 Å². The van der Waals surface area contributed by atoms with E-state index in [0.29, 0.717) is 0 Å². The third-order valence-corrected chi connectivity index (χ3v) is 14.8. The first-order valence-electron chi connectivity index (χ1n) is 22.3. The smallest absolute Gasteiger partial charge is 0.145 e. The van der Waals surface area contributed by atoms with Crippen molar-refractivity contribution in [2.24, 2.45) is 0 Å². The molecule has 0 saturated carbocycles. The van der Waals surface area contributed by atoms with Crippen molar-refractivity contribution < 1.29 is 8.83 Å². The largest absolute Gasteiger partial charge is 0.456 e. The summed E-state index contributed by atoms with van der Waals surface area (Å²) in [4.78, 5) is 2.34. The molecule has 66 heavy (non-hydrogen) atoms. The molecule has 0 aliphatic rings. The van der Waals surface area contributed by atoms with E-state index < -0.39 is 0 Å². The van der Waals surface area contributed by atoms with E-state index in [1.807, 2.05) is 23.5 Å². The zero-order chi connectivity index (χ0) is 43.0. The van der Waals surface area contributed by atoms with E-state index in [1.165, 1.54) is 20.2 Å². The van der Waals surface area contributed by atoms with E-state index in [4.69, 9.17) is 8.83 Å². The highest BCUT2D eigenvalue weighted by Gasteiger charge is 2.23. The van der Waals surface area contributed by atoms with E-state index >= 15 is 0 Å². The van der Waals surface area contributed by atoms with E-state index in [0.717, 1.165) is 116 Å². The minimum atomic E-state index is 0.885. The molecule has 0 aliphatic carbocycles. The van der Waals surface area contributed by atoms with Crippen molar-refractivity contribution >= 4 is 136 Å². The molecule has 5 heterocycles. The summed E-state index contributed by atoms with van der Waals surface area (Å²) < 4.78 is 20.8. The molecule has 308 valence electrons. The maximum absolute atomic E-state index is 7.29. The third-order valence-electron chi connectivity index (χ3n) is 13.7. The third kappa shape index (κ3) is 4.99. The monoisotopic (exact) mass is 861 g/mol. The molecule has 0 atom stereocenters. The fourth-order valence-electron chi connectivity index (χ4n) is 10.8. The van der Waals surface area contributed by atoms with Gasteiger partial charge in [-0.1, -0.05) is 91.0 Å². The van der Waals surface area contributed by atoms with Gasteiger partial charge in [0.25, 0.3) is 0 Å². The molecule has 0 N–H and O–H groups in total. The minimum absolute atomic E-state index is 0.885. The van der Waals surface area contributed by atoms with Crippen LogP contribution in [0.2, 0.25) is 0 Å². The number of anilines is 3. The maximum Gasteiger partial charge on any atom is 0.145 e. The summed E-state index contributed by atoms with van der Waals surface area (Å²) in [5.41, 5.74) is 13.6. The van der Waals surface area contributed by atoms with Gasteiger partial charge >= 0.3 is 0 Å². The van der Waals surface area contributed by atoms with Crippen LogP contribution in [0.15, 0.2) is 221 Å². The fraction of sp³-hybridized carbons (Fsp3) is 0. The molecule has 0 aliphatic heterocycles. The number of nitrogens with zero attached hydrogens (tertiary/aromatic N) is 3. The molecular formula is C60H35N3O2S. The standard InChI is InChI=1S/C60H35N3O2S/c1-3-13-36(14-4-1)61(37-15-5-2-6-16-37)38-24-31-55-47(34-38)48-35-40(25-32-56(48)66-55)63-50-21-11-8-19-45(50)58-52(63)29-27-43-42-26-28-51-57(59(42)65-60(43)58)44-18-7-10-20-49(44)62(51)39-23-30-54-46(33-39)41-17-9-12-22-53(41)64-54/h1-35H. The van der Waals surface area contributed by atoms with Gasteiger partial charge in [0.2, 0.25) is 0 Å². The number of hydrogen-bond donors (Lipinski definition) is 0. The lowest BCUT2D eigenvalue weighted by Crippen LogP contribution is -2.09. The van der Waals surface area contributed by atoms with Gasteiger partial charge in [0.1, 0.15) is 22.3 Å². The second kappa shape index (κ2) is 13.5. The van der Waals surface area contributed by atoms with Crippen molar-refractivity contribution in [2.45, 2.75) is 0 Å². The van der Waals surface area contributed by atoms with E-state index in [-0.39, 0.29) is 0 Å². The lowest BCUT2D eigenvalue weighted by atomic mass is 10.1. The van der Waals surface area contributed by atoms with Gasteiger partial charge in [-0.3, -0.25) is 0 Å². The SMILES string of the molecule is c1ccc(N(c2ccccc2)c2ccc3sc4ccc(-n5c6ccccc6c6c7oc8c(ccc9c8c8ccccc8n9-c8ccc9oc%10ccccc%10c9c8)c7ccc65)cc4c3c2)cc1. The normalized spacial score (nSPS) is 12.2. The number of benzene rings is 10. The van der Waals surface area contributed by atoms with Crippen LogP contribution in [-0.2, 0) is 0 Å². The molecule has 0 unspecified atom stereocenters. The zero-order valence-electron chi connectivity index (χ0n) is 35.3. The van der Waals surface area contributed by atoms with Crippen LogP contribution in [0.4, 0.5) is 17.1 Å². The van der Waals surface area contributed by atoms with Crippen LogP contribution in [-0.4, -0.2) is 9.13 Å². The number of para-hydroxylation sites is 5. The Morgan fingerprint density at radius 2 is 0.818 bits per heavy atom. The Morgan fingerprint density at radius 3 is 1.45 bits per heavy atom. The van der Waals surface area contributed by atoms with Crippen LogP contribution >= 0.6 is 11.3 Å². The highest BCUT2D eigenvalue weighted by atomic mass is 32.1. The molecule has 10 aromatic carbocycles. The first-order valence-corrected chi connectivity index (χ1v) is 23.1. The summed E-state index contributed by atoms with van der Waals surface area (Å²) in [6.45, 7) is 0. The van der Waals surface area contributed by atoms with Gasteiger partial charge in [-0.05, 0) is 121 Å². The Labute approximate surface area is 380 Å². The van der Waals surface area contributed by atoms with Crippen molar-refractivity contribution in [3.8, 4) is 11.4 Å². The fourth-order valence-corrected chi connectivity index (χ4v) is 11.9. The summed E-state index contributed by atoms with van der Waals surface area (Å²) >= 11 is 1.85. The molecule has 0 amide bonds. The number of thiophene rings is 1. The van der Waals surface area contributed by atoms with Crippen LogP contribution in [0, 0.1) is 0 Å². The lowest BCUT2D eigenvalue weighted by molar-refractivity contribution is 0.669. The molecule has 0 spiro atoms. The highest BCUT2D eigenvalue weighted by molar-refractivity contribution is 7.25. The van der Waals surface area contributed by atoms with Crippen LogP contribution < -0.4 is 4.90 Å². The summed E-state index contributed by atoms with van der Waals surface area (Å²) in [5, 5.41) is 11.5. The number of furan rings is 2. The molecule has 0 bridgehead atoms. The Morgan fingerprint density at radius 1 is 0.318 bits per heavy atom. The lowest BCUT2D eigenvalue weighted by Gasteiger charge is -2.25. The minimum Gasteiger partial charge on any atom is -0.456 e. The van der Waals surface area contributed by atoms with Crippen molar-refractivity contribution in [3.05, 3.63) is 212 Å². The molecule has 15 rings (SSSR count). The second-order valence-corrected chi connectivity index (χ2v) is 18.3. The summed E-state index contributed by atoms with van der Waals surface area (Å²) in [7, 11) is 0. The van der Waals surface area contributed by atoms with Crippen LogP contribution in [0.5, 0.6) is 0 Å². The average molecular weight is 862 g/mol. The quantitative estimate of drug-likeness (QED) is 0.173. The van der Waals surface area contributed by atoms with Crippen LogP contribution in [0.1, 0.15) is 0 Å². The first kappa shape index (κ1) is 35.8. The Balaban J connectivity index is 0.936. The summed E-state index contributed by atoms with van der Waals surface area (Å²) in [5.74, 6) is 0. The predicted molar refractivity (Wildman–Crippen MR) is 277 cm³/mol. The molecular weight excluding hydrogens is 827 g/mol. The first-order chi connectivity index (χ1) is 32.7. The predicted octanol–water partition coefficient (Wildman–Crippen LogP) is 17.5. The number of hydrogen-bond acceptors (Lipinski definition) is 4. The van der Waals surface area contributed by atoms with Gasteiger partial charge in [-0.15, -0.1) is 11.3 Å². The van der Waals surface area contributed by atoms with E-state index in [1.54, 1.807) is 0 Å². The van der Waals surface area contributed by atoms with Gasteiger partial charge in [-0.2, -0.15) is 0 Å². The van der Waals surface area contributed by atoms with Gasteiger partial charge in [-0.25, -0.2) is 0 Å². The average Bonchev–Trinajstić information content (AvgIpc) is 4.18. The summed E-state index contributed by atoms with van der Waals surface area (Å²) in [6.07, 6.45) is 0. The van der Waals surface area contributed by atoms with Gasteiger partial charge < -0.3 is 22.9 Å². The van der Waals surface area contributed by atoms with E-state index in [9.17, 15) is 0 Å². The molecule has 0 saturated heterocycles. The maximum atomic E-state index is 7.29. The number of aromatic nitrogens is 2. The highest BCUT2D eigenvalue weighted by Crippen LogP contribution is 2.47. The van der Waals surface area contributed by atoms with Gasteiger partial charge in [0, 0.05) is 80.9 Å². The van der Waals surface area contributed by atoms with Crippen LogP contribution in [0.25, 0.3) is 119 Å². The second-order valence-electron chi connectivity index (χ2n) is 17.2. The van der Waals surface area contributed by atoms with Crippen LogP contribution in [0.3, 0.4) is 0 Å². The Bertz CT molecular complexity index is 4430. The topological polar surface area (TPSA) is 39.4 Å².